The Bertz CT molecular complexity index is 448. The summed E-state index contributed by atoms with van der Waals surface area (Å²) in [5.74, 6) is 1.82. The summed E-state index contributed by atoms with van der Waals surface area (Å²) in [5.41, 5.74) is -0.346. The van der Waals surface area contributed by atoms with Gasteiger partial charge >= 0.3 is 0 Å². The third-order valence-corrected chi connectivity index (χ3v) is 5.84. The standard InChI is InChI=1S/C16H26N2O2/c1-10(2)12-6-5-11(3)9-16(12)17(4)15(20)13-7-8-14(19)18(13)16/h10-13H,5-9H2,1-4H3/t11?,12?,13-,16?/m0/s1. The molecule has 2 aliphatic heterocycles. The summed E-state index contributed by atoms with van der Waals surface area (Å²) >= 11 is 0. The van der Waals surface area contributed by atoms with E-state index in [1.807, 2.05) is 16.8 Å². The van der Waals surface area contributed by atoms with Gasteiger partial charge in [0.15, 0.2) is 0 Å². The second kappa shape index (κ2) is 4.47. The predicted molar refractivity (Wildman–Crippen MR) is 76.7 cm³/mol. The van der Waals surface area contributed by atoms with E-state index >= 15 is 0 Å². The van der Waals surface area contributed by atoms with Crippen LogP contribution in [-0.4, -0.2) is 40.4 Å². The van der Waals surface area contributed by atoms with Gasteiger partial charge in [-0.25, -0.2) is 0 Å². The number of likely N-dealkylation sites (N-methyl/N-ethyl adjacent to an activating group) is 1. The molecule has 0 N–H and O–H groups in total. The van der Waals surface area contributed by atoms with Gasteiger partial charge in [0.1, 0.15) is 11.7 Å². The molecule has 3 fully saturated rings. The van der Waals surface area contributed by atoms with E-state index in [0.717, 1.165) is 12.8 Å². The summed E-state index contributed by atoms with van der Waals surface area (Å²) in [7, 11) is 1.92. The van der Waals surface area contributed by atoms with Gasteiger partial charge in [0.25, 0.3) is 0 Å². The molecule has 1 spiro atoms. The van der Waals surface area contributed by atoms with Crippen molar-refractivity contribution in [2.45, 2.75) is 64.6 Å². The Labute approximate surface area is 121 Å². The maximum atomic E-state index is 12.6. The molecule has 4 nitrogen and oxygen atoms in total. The van der Waals surface area contributed by atoms with Gasteiger partial charge < -0.3 is 9.80 Å². The first-order valence-corrected chi connectivity index (χ1v) is 7.99. The molecule has 1 saturated carbocycles. The number of rotatable bonds is 1. The van der Waals surface area contributed by atoms with Crippen LogP contribution in [0.15, 0.2) is 0 Å². The Morgan fingerprint density at radius 1 is 1.20 bits per heavy atom. The number of carbonyl (C=O) groups excluding carboxylic acids is 2. The number of fused-ring (bicyclic) bond motifs is 2. The minimum absolute atomic E-state index is 0.163. The van der Waals surface area contributed by atoms with Crippen LogP contribution >= 0.6 is 0 Å². The second-order valence-corrected chi connectivity index (χ2v) is 7.33. The zero-order valence-electron chi connectivity index (χ0n) is 13.1. The highest BCUT2D eigenvalue weighted by Crippen LogP contribution is 2.52. The molecule has 2 saturated heterocycles. The third kappa shape index (κ3) is 1.60. The Balaban J connectivity index is 2.09. The molecule has 2 heterocycles. The van der Waals surface area contributed by atoms with E-state index in [1.165, 1.54) is 6.42 Å². The quantitative estimate of drug-likeness (QED) is 0.738. The van der Waals surface area contributed by atoms with Crippen LogP contribution in [0.5, 0.6) is 0 Å². The maximum Gasteiger partial charge on any atom is 0.247 e. The van der Waals surface area contributed by atoms with Crippen molar-refractivity contribution in [1.29, 1.82) is 0 Å². The monoisotopic (exact) mass is 278 g/mol. The van der Waals surface area contributed by atoms with Gasteiger partial charge in [-0.15, -0.1) is 0 Å². The summed E-state index contributed by atoms with van der Waals surface area (Å²) < 4.78 is 0. The molecule has 112 valence electrons. The van der Waals surface area contributed by atoms with Crippen LogP contribution in [0.3, 0.4) is 0 Å². The van der Waals surface area contributed by atoms with E-state index in [-0.39, 0.29) is 23.5 Å². The van der Waals surface area contributed by atoms with Gasteiger partial charge in [-0.2, -0.15) is 0 Å². The average Bonchev–Trinajstić information content (AvgIpc) is 2.85. The van der Waals surface area contributed by atoms with Crippen molar-refractivity contribution in [1.82, 2.24) is 9.80 Å². The first-order chi connectivity index (χ1) is 9.39. The SMILES string of the molecule is CC1CCC(C(C)C)C2(C1)N(C)C(=O)[C@@H]1CCC(=O)N12. The van der Waals surface area contributed by atoms with Gasteiger partial charge in [0, 0.05) is 19.4 Å². The van der Waals surface area contributed by atoms with Crippen molar-refractivity contribution in [3.8, 4) is 0 Å². The fourth-order valence-electron chi connectivity index (χ4n) is 4.97. The van der Waals surface area contributed by atoms with Crippen LogP contribution in [0.2, 0.25) is 0 Å². The zero-order valence-corrected chi connectivity index (χ0v) is 13.1. The molecule has 3 rings (SSSR count). The molecular weight excluding hydrogens is 252 g/mol. The number of nitrogens with zero attached hydrogens (tertiary/aromatic N) is 2. The molecule has 4 atom stereocenters. The van der Waals surface area contributed by atoms with E-state index < -0.39 is 0 Å². The van der Waals surface area contributed by atoms with E-state index in [2.05, 4.69) is 20.8 Å². The van der Waals surface area contributed by atoms with E-state index in [0.29, 0.717) is 30.6 Å². The largest absolute Gasteiger partial charge is 0.320 e. The Morgan fingerprint density at radius 3 is 2.55 bits per heavy atom. The van der Waals surface area contributed by atoms with Crippen LogP contribution in [0.25, 0.3) is 0 Å². The number of hydrogen-bond acceptors (Lipinski definition) is 2. The van der Waals surface area contributed by atoms with Crippen LogP contribution in [0, 0.1) is 17.8 Å². The molecule has 0 aromatic heterocycles. The predicted octanol–water partition coefficient (Wildman–Crippen LogP) is 2.24. The van der Waals surface area contributed by atoms with Gasteiger partial charge in [0.2, 0.25) is 11.8 Å². The van der Waals surface area contributed by atoms with Crippen LogP contribution < -0.4 is 0 Å². The molecule has 1 aliphatic carbocycles. The molecule has 2 amide bonds. The molecular formula is C16H26N2O2. The highest BCUT2D eigenvalue weighted by atomic mass is 16.2. The molecule has 4 heteroatoms. The highest BCUT2D eigenvalue weighted by Gasteiger charge is 2.63. The van der Waals surface area contributed by atoms with Crippen molar-refractivity contribution >= 4 is 11.8 Å². The zero-order chi connectivity index (χ0) is 14.7. The first-order valence-electron chi connectivity index (χ1n) is 7.99. The number of amides is 2. The van der Waals surface area contributed by atoms with Crippen molar-refractivity contribution in [2.75, 3.05) is 7.05 Å². The Morgan fingerprint density at radius 2 is 1.90 bits per heavy atom. The Hall–Kier alpha value is -1.06. The minimum Gasteiger partial charge on any atom is -0.320 e. The third-order valence-electron chi connectivity index (χ3n) is 5.84. The maximum absolute atomic E-state index is 12.6. The van der Waals surface area contributed by atoms with E-state index in [4.69, 9.17) is 0 Å². The topological polar surface area (TPSA) is 40.6 Å². The molecule has 0 aromatic rings. The van der Waals surface area contributed by atoms with Crippen LogP contribution in [0.4, 0.5) is 0 Å². The first kappa shape index (κ1) is 13.9. The fourth-order valence-corrected chi connectivity index (χ4v) is 4.97. The molecule has 3 unspecified atom stereocenters. The lowest BCUT2D eigenvalue weighted by atomic mass is 9.68. The average molecular weight is 278 g/mol. The van der Waals surface area contributed by atoms with E-state index in [9.17, 15) is 9.59 Å². The Kier molecular flexibility index (Phi) is 3.11. The highest BCUT2D eigenvalue weighted by molar-refractivity contribution is 5.95. The summed E-state index contributed by atoms with van der Waals surface area (Å²) in [5, 5.41) is 0. The van der Waals surface area contributed by atoms with Gasteiger partial charge in [-0.3, -0.25) is 9.59 Å². The van der Waals surface area contributed by atoms with Gasteiger partial charge in [-0.05, 0) is 31.1 Å². The molecule has 20 heavy (non-hydrogen) atoms. The lowest BCUT2D eigenvalue weighted by Crippen LogP contribution is -2.62. The van der Waals surface area contributed by atoms with Crippen LogP contribution in [0.1, 0.15) is 52.9 Å². The lowest BCUT2D eigenvalue weighted by Gasteiger charge is -2.53. The number of carbonyl (C=O) groups is 2. The van der Waals surface area contributed by atoms with Crippen molar-refractivity contribution in [3.05, 3.63) is 0 Å². The summed E-state index contributed by atoms with van der Waals surface area (Å²) in [4.78, 5) is 29.0. The molecule has 0 aromatic carbocycles. The molecule has 0 radical (unpaired) electrons. The van der Waals surface area contributed by atoms with Crippen molar-refractivity contribution < 1.29 is 9.59 Å². The van der Waals surface area contributed by atoms with E-state index in [1.54, 1.807) is 0 Å². The van der Waals surface area contributed by atoms with Gasteiger partial charge in [-0.1, -0.05) is 27.2 Å². The van der Waals surface area contributed by atoms with Crippen LogP contribution in [-0.2, 0) is 9.59 Å². The number of hydrogen-bond donors (Lipinski definition) is 0. The molecule has 0 bridgehead atoms. The molecule has 3 aliphatic rings. The normalized spacial score (nSPS) is 41.1. The fraction of sp³-hybridized carbons (Fsp3) is 0.875. The second-order valence-electron chi connectivity index (χ2n) is 7.33. The minimum atomic E-state index is -0.346. The smallest absolute Gasteiger partial charge is 0.247 e. The summed E-state index contributed by atoms with van der Waals surface area (Å²) in [6.07, 6.45) is 4.53. The lowest BCUT2D eigenvalue weighted by molar-refractivity contribution is -0.151. The van der Waals surface area contributed by atoms with Crippen molar-refractivity contribution in [3.63, 3.8) is 0 Å². The summed E-state index contributed by atoms with van der Waals surface area (Å²) in [6.45, 7) is 6.72. The van der Waals surface area contributed by atoms with Gasteiger partial charge in [0.05, 0.1) is 0 Å². The van der Waals surface area contributed by atoms with Crippen molar-refractivity contribution in [2.24, 2.45) is 17.8 Å². The summed E-state index contributed by atoms with van der Waals surface area (Å²) in [6, 6.07) is -0.181.